The molecule has 0 saturated heterocycles. The minimum absolute atomic E-state index is 0.145. The lowest BCUT2D eigenvalue weighted by atomic mass is 9.84. The van der Waals surface area contributed by atoms with Gasteiger partial charge in [0.25, 0.3) is 5.91 Å². The van der Waals surface area contributed by atoms with Crippen LogP contribution in [0.4, 0.5) is 0 Å². The molecule has 2 aromatic heterocycles. The van der Waals surface area contributed by atoms with Gasteiger partial charge < -0.3 is 15.3 Å². The van der Waals surface area contributed by atoms with Crippen molar-refractivity contribution >= 4 is 37.7 Å². The average molecular weight is 471 g/mol. The lowest BCUT2D eigenvalue weighted by Crippen LogP contribution is -2.45. The number of aromatic amines is 2. The third-order valence-electron chi connectivity index (χ3n) is 6.49. The van der Waals surface area contributed by atoms with E-state index in [4.69, 9.17) is 0 Å². The molecule has 0 fully saturated rings. The molecule has 5 aromatic rings. The number of rotatable bonds is 4. The van der Waals surface area contributed by atoms with Crippen molar-refractivity contribution in [1.82, 2.24) is 20.0 Å². The van der Waals surface area contributed by atoms with Crippen LogP contribution < -0.4 is 10.0 Å². The highest BCUT2D eigenvalue weighted by Crippen LogP contribution is 2.40. The number of para-hydroxylation sites is 2. The van der Waals surface area contributed by atoms with Crippen molar-refractivity contribution in [2.45, 2.75) is 16.9 Å². The van der Waals surface area contributed by atoms with Gasteiger partial charge in [0.05, 0.1) is 10.9 Å². The van der Waals surface area contributed by atoms with E-state index in [1.807, 2.05) is 54.7 Å². The summed E-state index contributed by atoms with van der Waals surface area (Å²) >= 11 is 0. The van der Waals surface area contributed by atoms with E-state index >= 15 is 0 Å². The van der Waals surface area contributed by atoms with E-state index in [2.05, 4.69) is 20.0 Å². The molecule has 6 rings (SSSR count). The van der Waals surface area contributed by atoms with Gasteiger partial charge in [-0.15, -0.1) is 0 Å². The Morgan fingerprint density at radius 2 is 1.50 bits per heavy atom. The molecular formula is C26H22N4O3S. The van der Waals surface area contributed by atoms with Crippen LogP contribution in [-0.2, 0) is 10.0 Å². The zero-order valence-corrected chi connectivity index (χ0v) is 18.9. The number of fused-ring (bicyclic) bond motifs is 4. The van der Waals surface area contributed by atoms with Gasteiger partial charge in [-0.25, -0.2) is 13.1 Å². The summed E-state index contributed by atoms with van der Waals surface area (Å²) in [7, 11) is -3.83. The molecule has 0 spiro atoms. The van der Waals surface area contributed by atoms with E-state index < -0.39 is 22.0 Å². The Balaban J connectivity index is 1.58. The predicted octanol–water partition coefficient (Wildman–Crippen LogP) is 3.87. The summed E-state index contributed by atoms with van der Waals surface area (Å²) < 4.78 is 29.6. The molecule has 8 heteroatoms. The maximum atomic E-state index is 13.3. The van der Waals surface area contributed by atoms with E-state index in [9.17, 15) is 13.2 Å². The molecule has 3 heterocycles. The largest absolute Gasteiger partial charge is 0.361 e. The quantitative estimate of drug-likeness (QED) is 0.320. The Kier molecular flexibility index (Phi) is 4.79. The fourth-order valence-corrected chi connectivity index (χ4v) is 6.25. The van der Waals surface area contributed by atoms with E-state index in [1.54, 1.807) is 30.3 Å². The lowest BCUT2D eigenvalue weighted by Gasteiger charge is -2.26. The Labute approximate surface area is 196 Å². The first kappa shape index (κ1) is 20.7. The number of carbonyl (C=O) groups is 1. The van der Waals surface area contributed by atoms with Gasteiger partial charge in [-0.05, 0) is 35.4 Å². The molecule has 4 N–H and O–H groups in total. The van der Waals surface area contributed by atoms with Crippen molar-refractivity contribution < 1.29 is 13.2 Å². The number of hydrogen-bond acceptors (Lipinski definition) is 3. The van der Waals surface area contributed by atoms with Gasteiger partial charge in [0, 0.05) is 40.5 Å². The van der Waals surface area contributed by atoms with E-state index in [-0.39, 0.29) is 17.3 Å². The smallest absolute Gasteiger partial charge is 0.268 e. The third kappa shape index (κ3) is 3.30. The van der Waals surface area contributed by atoms with E-state index in [0.29, 0.717) is 5.69 Å². The Hall–Kier alpha value is -3.88. The summed E-state index contributed by atoms with van der Waals surface area (Å²) in [4.78, 5) is 19.9. The summed E-state index contributed by atoms with van der Waals surface area (Å²) in [6.07, 6.45) is 1.92. The van der Waals surface area contributed by atoms with Gasteiger partial charge in [0.1, 0.15) is 5.69 Å². The van der Waals surface area contributed by atoms with Crippen molar-refractivity contribution in [2.24, 2.45) is 0 Å². The van der Waals surface area contributed by atoms with Crippen molar-refractivity contribution in [3.8, 4) is 0 Å². The Morgan fingerprint density at radius 3 is 2.29 bits per heavy atom. The zero-order valence-electron chi connectivity index (χ0n) is 18.1. The van der Waals surface area contributed by atoms with Crippen LogP contribution in [0.3, 0.4) is 0 Å². The molecule has 0 aliphatic carbocycles. The molecule has 1 aliphatic heterocycles. The van der Waals surface area contributed by atoms with Crippen molar-refractivity contribution in [3.63, 3.8) is 0 Å². The summed E-state index contributed by atoms with van der Waals surface area (Å²) in [5.74, 6) is -0.669. The molecule has 0 bridgehead atoms. The van der Waals surface area contributed by atoms with Crippen LogP contribution in [0.15, 0.2) is 90.0 Å². The summed E-state index contributed by atoms with van der Waals surface area (Å²) in [6.45, 7) is 0.145. The molecule has 7 nitrogen and oxygen atoms in total. The van der Waals surface area contributed by atoms with Crippen LogP contribution in [0.25, 0.3) is 21.8 Å². The second kappa shape index (κ2) is 7.86. The SMILES string of the molecule is O=C1NC[C@@H](NS(=O)(=O)c2ccccc2)[C@H](c2c[nH]c3ccccc23)c2c1[nH]c1ccccc21. The second-order valence-corrected chi connectivity index (χ2v) is 10.2. The Bertz CT molecular complexity index is 1640. The molecule has 0 unspecified atom stereocenters. The zero-order chi connectivity index (χ0) is 23.3. The molecule has 34 heavy (non-hydrogen) atoms. The highest BCUT2D eigenvalue weighted by Gasteiger charge is 2.38. The number of H-pyrrole nitrogens is 2. The number of aromatic nitrogens is 2. The number of carbonyl (C=O) groups excluding carboxylic acids is 1. The molecule has 1 aliphatic rings. The second-order valence-electron chi connectivity index (χ2n) is 8.48. The minimum atomic E-state index is -3.83. The maximum absolute atomic E-state index is 13.3. The van der Waals surface area contributed by atoms with Crippen LogP contribution in [0.5, 0.6) is 0 Å². The van der Waals surface area contributed by atoms with Crippen molar-refractivity contribution in [1.29, 1.82) is 0 Å². The summed E-state index contributed by atoms with van der Waals surface area (Å²) in [5.41, 5.74) is 3.96. The maximum Gasteiger partial charge on any atom is 0.268 e. The van der Waals surface area contributed by atoms with Crippen LogP contribution in [0.1, 0.15) is 27.5 Å². The molecule has 1 amide bonds. The lowest BCUT2D eigenvalue weighted by molar-refractivity contribution is 0.0950. The van der Waals surface area contributed by atoms with Crippen LogP contribution in [0.2, 0.25) is 0 Å². The number of benzene rings is 3. The molecule has 170 valence electrons. The third-order valence-corrected chi connectivity index (χ3v) is 7.99. The normalized spacial score (nSPS) is 18.5. The van der Waals surface area contributed by atoms with E-state index in [1.165, 1.54) is 0 Å². The average Bonchev–Trinajstić information content (AvgIpc) is 3.42. The summed E-state index contributed by atoms with van der Waals surface area (Å²) in [6, 6.07) is 23.3. The summed E-state index contributed by atoms with van der Waals surface area (Å²) in [5, 5.41) is 4.80. The van der Waals surface area contributed by atoms with Gasteiger partial charge in [-0.3, -0.25) is 4.79 Å². The van der Waals surface area contributed by atoms with Crippen molar-refractivity contribution in [2.75, 3.05) is 6.54 Å². The topological polar surface area (TPSA) is 107 Å². The van der Waals surface area contributed by atoms with Crippen LogP contribution in [-0.4, -0.2) is 36.9 Å². The highest BCUT2D eigenvalue weighted by molar-refractivity contribution is 7.89. The van der Waals surface area contributed by atoms with Crippen LogP contribution >= 0.6 is 0 Å². The first-order chi connectivity index (χ1) is 16.5. The van der Waals surface area contributed by atoms with Gasteiger partial charge in [-0.1, -0.05) is 54.6 Å². The monoisotopic (exact) mass is 470 g/mol. The Morgan fingerprint density at radius 1 is 0.824 bits per heavy atom. The molecule has 0 radical (unpaired) electrons. The highest BCUT2D eigenvalue weighted by atomic mass is 32.2. The fraction of sp³-hybridized carbons (Fsp3) is 0.115. The molecule has 0 saturated carbocycles. The predicted molar refractivity (Wildman–Crippen MR) is 131 cm³/mol. The van der Waals surface area contributed by atoms with Gasteiger partial charge in [0.2, 0.25) is 10.0 Å². The standard InChI is InChI=1S/C26H22N4O3S/c31-26-25-24(18-11-5-7-13-21(18)29-25)23(19-14-27-20-12-6-4-10-17(19)20)22(15-28-26)30-34(32,33)16-8-2-1-3-9-16/h1-14,22-23,27,29-30H,15H2,(H,28,31)/t22-,23+/m1/s1. The van der Waals surface area contributed by atoms with Crippen molar-refractivity contribution in [3.05, 3.63) is 102 Å². The van der Waals surface area contributed by atoms with E-state index in [0.717, 1.165) is 32.9 Å². The number of hydrogen-bond donors (Lipinski definition) is 4. The molecular weight excluding hydrogens is 448 g/mol. The fourth-order valence-electron chi connectivity index (χ4n) is 4.98. The van der Waals surface area contributed by atoms with Gasteiger partial charge >= 0.3 is 0 Å². The van der Waals surface area contributed by atoms with Crippen LogP contribution in [0, 0.1) is 0 Å². The number of nitrogens with one attached hydrogen (secondary N) is 4. The van der Waals surface area contributed by atoms with Gasteiger partial charge in [0.15, 0.2) is 0 Å². The number of sulfonamides is 1. The first-order valence-electron chi connectivity index (χ1n) is 11.0. The molecule has 2 atom stereocenters. The molecule has 3 aromatic carbocycles. The number of amides is 1. The minimum Gasteiger partial charge on any atom is -0.361 e. The first-order valence-corrected chi connectivity index (χ1v) is 12.5. The van der Waals surface area contributed by atoms with Gasteiger partial charge in [-0.2, -0.15) is 0 Å².